The number of rotatable bonds is 3. The summed E-state index contributed by atoms with van der Waals surface area (Å²) in [7, 11) is -0.418. The molecule has 6 nitrogen and oxygen atoms in total. The van der Waals surface area contributed by atoms with Crippen molar-refractivity contribution in [2.24, 2.45) is 0 Å². The van der Waals surface area contributed by atoms with Crippen molar-refractivity contribution in [3.63, 3.8) is 0 Å². The van der Waals surface area contributed by atoms with Crippen LogP contribution in [-0.2, 0) is 9.31 Å². The first-order chi connectivity index (χ1) is 12.2. The summed E-state index contributed by atoms with van der Waals surface area (Å²) in [6.45, 7) is 10.1. The van der Waals surface area contributed by atoms with Crippen molar-refractivity contribution in [2.45, 2.75) is 55.7 Å². The number of nitrogens with zero attached hydrogens (tertiary/aromatic N) is 4. The molecule has 0 saturated carbocycles. The van der Waals surface area contributed by atoms with Crippen molar-refractivity contribution in [2.75, 3.05) is 0 Å². The number of fused-ring (bicyclic) bond motifs is 1. The molecule has 0 aromatic carbocycles. The van der Waals surface area contributed by atoms with Gasteiger partial charge in [0.2, 0.25) is 0 Å². The van der Waals surface area contributed by atoms with Gasteiger partial charge < -0.3 is 9.31 Å². The molecule has 0 N–H and O–H groups in total. The van der Waals surface area contributed by atoms with Crippen LogP contribution >= 0.6 is 11.8 Å². The third kappa shape index (κ3) is 3.02. The highest BCUT2D eigenvalue weighted by atomic mass is 32.2. The molecule has 0 spiro atoms. The molecule has 8 heteroatoms. The van der Waals surface area contributed by atoms with Crippen LogP contribution in [-0.4, -0.2) is 38.1 Å². The summed E-state index contributed by atoms with van der Waals surface area (Å²) in [5, 5.41) is 13.6. The molecular weight excluding hydrogens is 347 g/mol. The highest BCUT2D eigenvalue weighted by Gasteiger charge is 2.52. The molecule has 1 aliphatic heterocycles. The highest BCUT2D eigenvalue weighted by molar-refractivity contribution is 7.99. The van der Waals surface area contributed by atoms with E-state index < -0.39 is 7.12 Å². The molecule has 1 fully saturated rings. The van der Waals surface area contributed by atoms with Gasteiger partial charge in [0.1, 0.15) is 5.03 Å². The zero-order valence-corrected chi connectivity index (χ0v) is 16.4. The van der Waals surface area contributed by atoms with Gasteiger partial charge in [-0.1, -0.05) is 11.8 Å². The quantitative estimate of drug-likeness (QED) is 0.663. The number of pyridine rings is 1. The van der Waals surface area contributed by atoms with Gasteiger partial charge in [0.15, 0.2) is 0 Å². The molecule has 26 heavy (non-hydrogen) atoms. The number of hydrogen-bond acceptors (Lipinski definition) is 6. The Bertz CT molecular complexity index is 939. The summed E-state index contributed by atoms with van der Waals surface area (Å²) in [5.41, 5.74) is 2.08. The minimum Gasteiger partial charge on any atom is -0.399 e. The predicted octanol–water partition coefficient (Wildman–Crippen LogP) is 2.88. The van der Waals surface area contributed by atoms with Crippen molar-refractivity contribution in [1.29, 1.82) is 0 Å². The van der Waals surface area contributed by atoms with Crippen LogP contribution in [0.2, 0.25) is 0 Å². The fourth-order valence-electron chi connectivity index (χ4n) is 2.76. The largest absolute Gasteiger partial charge is 0.498 e. The Morgan fingerprint density at radius 2 is 1.73 bits per heavy atom. The van der Waals surface area contributed by atoms with Crippen molar-refractivity contribution >= 4 is 29.9 Å². The fourth-order valence-corrected chi connectivity index (χ4v) is 3.51. The van der Waals surface area contributed by atoms with E-state index >= 15 is 0 Å². The van der Waals surface area contributed by atoms with E-state index in [2.05, 4.69) is 49.1 Å². The van der Waals surface area contributed by atoms with Gasteiger partial charge in [-0.2, -0.15) is 10.2 Å². The zero-order chi connectivity index (χ0) is 18.5. The van der Waals surface area contributed by atoms with Crippen LogP contribution in [0.1, 0.15) is 33.4 Å². The zero-order valence-electron chi connectivity index (χ0n) is 15.6. The van der Waals surface area contributed by atoms with Crippen molar-refractivity contribution in [3.05, 3.63) is 42.4 Å². The van der Waals surface area contributed by atoms with Gasteiger partial charge in [0, 0.05) is 22.8 Å². The minimum atomic E-state index is -0.418. The smallest absolute Gasteiger partial charge is 0.399 e. The van der Waals surface area contributed by atoms with Crippen molar-refractivity contribution in [1.82, 2.24) is 19.8 Å². The Hall–Kier alpha value is -1.90. The van der Waals surface area contributed by atoms with Gasteiger partial charge >= 0.3 is 7.12 Å². The van der Waals surface area contributed by atoms with E-state index in [-0.39, 0.29) is 11.2 Å². The summed E-state index contributed by atoms with van der Waals surface area (Å²) in [5.74, 6) is 0. The van der Waals surface area contributed by atoms with E-state index in [0.29, 0.717) is 0 Å². The van der Waals surface area contributed by atoms with Crippen LogP contribution in [0.25, 0.3) is 5.52 Å². The number of aromatic nitrogens is 4. The van der Waals surface area contributed by atoms with Crippen LogP contribution in [0.5, 0.6) is 0 Å². The summed E-state index contributed by atoms with van der Waals surface area (Å²) in [6.07, 6.45) is 3.80. The lowest BCUT2D eigenvalue weighted by molar-refractivity contribution is 0.00578. The SMILES string of the molecule is Cc1ccc(Sc2ccc3c(B4OC(C)(C)C(C)(C)O4)cnn3c2)nn1. The van der Waals surface area contributed by atoms with E-state index in [1.54, 1.807) is 11.8 Å². The fraction of sp³-hybridized carbons (Fsp3) is 0.389. The van der Waals surface area contributed by atoms with Crippen LogP contribution in [0.3, 0.4) is 0 Å². The highest BCUT2D eigenvalue weighted by Crippen LogP contribution is 2.36. The van der Waals surface area contributed by atoms with Crippen LogP contribution < -0.4 is 5.46 Å². The van der Waals surface area contributed by atoms with E-state index in [1.165, 1.54) is 0 Å². The second kappa shape index (κ2) is 6.08. The second-order valence-electron chi connectivity index (χ2n) is 7.50. The van der Waals surface area contributed by atoms with E-state index in [0.717, 1.165) is 26.6 Å². The molecule has 0 amide bonds. The van der Waals surface area contributed by atoms with E-state index in [4.69, 9.17) is 9.31 Å². The van der Waals surface area contributed by atoms with Crippen molar-refractivity contribution in [3.8, 4) is 0 Å². The standard InChI is InChI=1S/C18H21BN4O2S/c1-12-6-9-16(22-21-12)26-13-7-8-15-14(10-20-23(15)11-13)19-24-17(2,3)18(4,5)25-19/h6-11H,1-5H3. The Labute approximate surface area is 157 Å². The van der Waals surface area contributed by atoms with Gasteiger partial charge in [0.05, 0.1) is 22.4 Å². The number of hydrogen-bond donors (Lipinski definition) is 0. The molecule has 134 valence electrons. The average Bonchev–Trinajstić information content (AvgIpc) is 3.07. The van der Waals surface area contributed by atoms with Gasteiger partial charge in [-0.3, -0.25) is 0 Å². The molecule has 3 aromatic rings. The molecule has 0 atom stereocenters. The third-order valence-electron chi connectivity index (χ3n) is 5.02. The Balaban J connectivity index is 1.61. The summed E-state index contributed by atoms with van der Waals surface area (Å²) >= 11 is 1.56. The molecule has 1 saturated heterocycles. The molecule has 4 heterocycles. The van der Waals surface area contributed by atoms with E-state index in [1.807, 2.05) is 42.0 Å². The normalized spacial score (nSPS) is 18.6. The molecule has 3 aromatic heterocycles. The summed E-state index contributed by atoms with van der Waals surface area (Å²) in [6, 6.07) is 8.02. The maximum atomic E-state index is 6.15. The molecule has 0 aliphatic carbocycles. The molecule has 0 radical (unpaired) electrons. The van der Waals surface area contributed by atoms with Crippen LogP contribution in [0.4, 0.5) is 0 Å². The van der Waals surface area contributed by atoms with E-state index in [9.17, 15) is 0 Å². The lowest BCUT2D eigenvalue weighted by Crippen LogP contribution is -2.41. The molecule has 1 aliphatic rings. The Kier molecular flexibility index (Phi) is 4.09. The molecular formula is C18H21BN4O2S. The summed E-state index contributed by atoms with van der Waals surface area (Å²) in [4.78, 5) is 1.04. The number of aryl methyl sites for hydroxylation is 1. The molecule has 4 rings (SSSR count). The second-order valence-corrected chi connectivity index (χ2v) is 8.59. The van der Waals surface area contributed by atoms with Gasteiger partial charge in [-0.25, -0.2) is 4.52 Å². The minimum absolute atomic E-state index is 0.369. The maximum Gasteiger partial charge on any atom is 0.498 e. The lowest BCUT2D eigenvalue weighted by atomic mass is 9.80. The first-order valence-electron chi connectivity index (χ1n) is 8.56. The predicted molar refractivity (Wildman–Crippen MR) is 102 cm³/mol. The topological polar surface area (TPSA) is 61.5 Å². The van der Waals surface area contributed by atoms with Crippen molar-refractivity contribution < 1.29 is 9.31 Å². The van der Waals surface area contributed by atoms with Crippen LogP contribution in [0.15, 0.2) is 46.6 Å². The molecule has 0 unspecified atom stereocenters. The van der Waals surface area contributed by atoms with Crippen LogP contribution in [0, 0.1) is 6.92 Å². The summed E-state index contributed by atoms with van der Waals surface area (Å²) < 4.78 is 14.2. The lowest BCUT2D eigenvalue weighted by Gasteiger charge is -2.32. The third-order valence-corrected chi connectivity index (χ3v) is 5.93. The average molecular weight is 368 g/mol. The molecule has 0 bridgehead atoms. The van der Waals surface area contributed by atoms with Gasteiger partial charge in [-0.05, 0) is 58.9 Å². The van der Waals surface area contributed by atoms with Gasteiger partial charge in [-0.15, -0.1) is 5.10 Å². The first-order valence-corrected chi connectivity index (χ1v) is 9.38. The van der Waals surface area contributed by atoms with Gasteiger partial charge in [0.25, 0.3) is 0 Å². The Morgan fingerprint density at radius 1 is 1.00 bits per heavy atom. The monoisotopic (exact) mass is 368 g/mol. The Morgan fingerprint density at radius 3 is 2.38 bits per heavy atom. The first kappa shape index (κ1) is 17.5. The maximum absolute atomic E-state index is 6.15.